The first-order valence-corrected chi connectivity index (χ1v) is 13.6. The Morgan fingerprint density at radius 1 is 1.09 bits per heavy atom. The number of nitrogens with one attached hydrogen (secondary N) is 2. The highest BCUT2D eigenvalue weighted by Gasteiger charge is 2.28. The third-order valence-electron chi connectivity index (χ3n) is 4.96. The number of rotatable bonds is 10. The summed E-state index contributed by atoms with van der Waals surface area (Å²) in [6.07, 6.45) is 0.828. The minimum Gasteiger partial charge on any atom is -0.468 e. The van der Waals surface area contributed by atoms with Gasteiger partial charge in [0, 0.05) is 22.5 Å². The average Bonchev–Trinajstić information content (AvgIpc) is 3.10. The Morgan fingerprint density at radius 2 is 1.70 bits per heavy atom. The average molecular weight is 495 g/mol. The Kier molecular flexibility index (Phi) is 9.27. The molecule has 184 valence electrons. The van der Waals surface area contributed by atoms with E-state index < -0.39 is 15.6 Å². The molecule has 0 spiro atoms. The smallest absolute Gasteiger partial charge is 0.323 e. The van der Waals surface area contributed by atoms with E-state index in [1.165, 1.54) is 18.4 Å². The van der Waals surface area contributed by atoms with Gasteiger partial charge in [0.05, 0.1) is 7.11 Å². The molecule has 1 aromatic heterocycles. The van der Waals surface area contributed by atoms with Gasteiger partial charge in [-0.05, 0) is 56.2 Å². The van der Waals surface area contributed by atoms with Crippen LogP contribution in [0.5, 0.6) is 0 Å². The van der Waals surface area contributed by atoms with E-state index in [2.05, 4.69) is 23.9 Å². The van der Waals surface area contributed by atoms with Gasteiger partial charge in [-0.15, -0.1) is 11.3 Å². The van der Waals surface area contributed by atoms with E-state index in [0.29, 0.717) is 16.7 Å². The van der Waals surface area contributed by atoms with Gasteiger partial charge in [0.25, 0.3) is 10.0 Å². The Morgan fingerprint density at radius 3 is 2.18 bits per heavy atom. The SMILES string of the molecule is COC(=O)[C@@H](NCc1ccc(-c2cc(CC(C)C)sc2S(=O)(=O)NC(C)(C)C)cc1)C(C)C. The second-order valence-electron chi connectivity index (χ2n) is 10.2. The Labute approximate surface area is 203 Å². The fraction of sp³-hybridized carbons (Fsp3) is 0.560. The number of carbonyl (C=O) groups is 1. The molecule has 0 aliphatic carbocycles. The zero-order chi connectivity index (χ0) is 25.0. The second kappa shape index (κ2) is 11.1. The molecule has 0 saturated heterocycles. The largest absolute Gasteiger partial charge is 0.468 e. The van der Waals surface area contributed by atoms with Crippen molar-refractivity contribution in [3.63, 3.8) is 0 Å². The molecule has 0 bridgehead atoms. The standard InChI is InChI=1S/C25H38N2O4S2/c1-16(2)13-20-14-21(24(32-20)33(29,30)27-25(5,6)7)19-11-9-18(10-12-19)15-26-22(17(3)4)23(28)31-8/h9-12,14,16-17,22,26-27H,13,15H2,1-8H3/t22-/m0/s1. The molecule has 8 heteroatoms. The number of carbonyl (C=O) groups excluding carboxylic acids is 1. The summed E-state index contributed by atoms with van der Waals surface area (Å²) < 4.78 is 34.4. The highest BCUT2D eigenvalue weighted by molar-refractivity contribution is 7.91. The number of thiophene rings is 1. The Bertz CT molecular complexity index is 1030. The lowest BCUT2D eigenvalue weighted by atomic mass is 10.0. The highest BCUT2D eigenvalue weighted by atomic mass is 32.2. The van der Waals surface area contributed by atoms with Crippen molar-refractivity contribution < 1.29 is 17.9 Å². The molecule has 0 aliphatic heterocycles. The summed E-state index contributed by atoms with van der Waals surface area (Å²) >= 11 is 1.34. The molecule has 2 N–H and O–H groups in total. The van der Waals surface area contributed by atoms with Crippen molar-refractivity contribution in [2.24, 2.45) is 11.8 Å². The van der Waals surface area contributed by atoms with Crippen molar-refractivity contribution >= 4 is 27.3 Å². The van der Waals surface area contributed by atoms with Crippen molar-refractivity contribution in [3.8, 4) is 11.1 Å². The van der Waals surface area contributed by atoms with E-state index >= 15 is 0 Å². The Balaban J connectivity index is 2.34. The van der Waals surface area contributed by atoms with E-state index in [0.717, 1.165) is 28.0 Å². The number of esters is 1. The first-order valence-electron chi connectivity index (χ1n) is 11.3. The van der Waals surface area contributed by atoms with Crippen LogP contribution in [0.1, 0.15) is 58.9 Å². The fourth-order valence-electron chi connectivity index (χ4n) is 3.52. The molecule has 2 aromatic rings. The number of hydrogen-bond donors (Lipinski definition) is 2. The van der Waals surface area contributed by atoms with Gasteiger partial charge >= 0.3 is 5.97 Å². The zero-order valence-electron chi connectivity index (χ0n) is 21.0. The summed E-state index contributed by atoms with van der Waals surface area (Å²) in [7, 11) is -2.27. The lowest BCUT2D eigenvalue weighted by Gasteiger charge is -2.20. The predicted octanol–water partition coefficient (Wildman–Crippen LogP) is 4.98. The van der Waals surface area contributed by atoms with Gasteiger partial charge in [-0.1, -0.05) is 52.0 Å². The van der Waals surface area contributed by atoms with E-state index in [4.69, 9.17) is 4.74 Å². The molecule has 0 saturated carbocycles. The maximum absolute atomic E-state index is 13.2. The van der Waals surface area contributed by atoms with E-state index in [1.54, 1.807) is 0 Å². The third kappa shape index (κ3) is 7.91. The maximum Gasteiger partial charge on any atom is 0.323 e. The molecule has 0 unspecified atom stereocenters. The van der Waals surface area contributed by atoms with Crippen LogP contribution in [0.2, 0.25) is 0 Å². The summed E-state index contributed by atoms with van der Waals surface area (Å²) in [5, 5.41) is 3.25. The molecular formula is C25H38N2O4S2. The molecular weight excluding hydrogens is 456 g/mol. The molecule has 33 heavy (non-hydrogen) atoms. The van der Waals surface area contributed by atoms with Gasteiger partial charge in [-0.25, -0.2) is 13.1 Å². The van der Waals surface area contributed by atoms with Crippen LogP contribution >= 0.6 is 11.3 Å². The lowest BCUT2D eigenvalue weighted by molar-refractivity contribution is -0.144. The molecule has 1 aromatic carbocycles. The van der Waals surface area contributed by atoms with Crippen LogP contribution < -0.4 is 10.0 Å². The molecule has 1 heterocycles. The maximum atomic E-state index is 13.2. The van der Waals surface area contributed by atoms with Gasteiger partial charge in [-0.2, -0.15) is 0 Å². The van der Waals surface area contributed by atoms with Gasteiger partial charge in [0.1, 0.15) is 10.3 Å². The predicted molar refractivity (Wildman–Crippen MR) is 136 cm³/mol. The minimum absolute atomic E-state index is 0.102. The number of benzene rings is 1. The van der Waals surface area contributed by atoms with Crippen LogP contribution in [0.3, 0.4) is 0 Å². The van der Waals surface area contributed by atoms with Crippen LogP contribution in [0, 0.1) is 11.8 Å². The summed E-state index contributed by atoms with van der Waals surface area (Å²) in [5.41, 5.74) is 2.01. The van der Waals surface area contributed by atoms with Crippen LogP contribution in [0.15, 0.2) is 34.5 Å². The molecule has 6 nitrogen and oxygen atoms in total. The number of sulfonamides is 1. The molecule has 2 rings (SSSR count). The first kappa shape index (κ1) is 27.5. The monoisotopic (exact) mass is 494 g/mol. The van der Waals surface area contributed by atoms with Gasteiger partial charge in [0.15, 0.2) is 0 Å². The van der Waals surface area contributed by atoms with Crippen LogP contribution in [0.25, 0.3) is 11.1 Å². The number of methoxy groups -OCH3 is 1. The summed E-state index contributed by atoms with van der Waals surface area (Å²) in [5.74, 6) is 0.253. The molecule has 0 amide bonds. The number of ether oxygens (including phenoxy) is 1. The first-order chi connectivity index (χ1) is 15.2. The molecule has 0 radical (unpaired) electrons. The second-order valence-corrected chi connectivity index (χ2v) is 13.2. The van der Waals surface area contributed by atoms with Gasteiger partial charge in [0.2, 0.25) is 0 Å². The van der Waals surface area contributed by atoms with Gasteiger partial charge < -0.3 is 10.1 Å². The normalized spacial score (nSPS) is 13.5. The topological polar surface area (TPSA) is 84.5 Å². The Hall–Kier alpha value is -1.74. The molecule has 0 aliphatic rings. The molecule has 0 fully saturated rings. The number of hydrogen-bond acceptors (Lipinski definition) is 6. The van der Waals surface area contributed by atoms with E-state index in [1.807, 2.05) is 65.0 Å². The highest BCUT2D eigenvalue weighted by Crippen LogP contribution is 2.37. The van der Waals surface area contributed by atoms with Crippen molar-refractivity contribution in [3.05, 3.63) is 40.8 Å². The van der Waals surface area contributed by atoms with Crippen molar-refractivity contribution in [1.29, 1.82) is 0 Å². The fourth-order valence-corrected chi connectivity index (χ4v) is 6.89. The quantitative estimate of drug-likeness (QED) is 0.455. The van der Waals surface area contributed by atoms with Crippen LogP contribution in [0.4, 0.5) is 0 Å². The molecule has 1 atom stereocenters. The van der Waals surface area contributed by atoms with E-state index in [9.17, 15) is 13.2 Å². The third-order valence-corrected chi connectivity index (χ3v) is 8.41. The van der Waals surface area contributed by atoms with E-state index in [-0.39, 0.29) is 17.9 Å². The van der Waals surface area contributed by atoms with Crippen molar-refractivity contribution in [2.75, 3.05) is 7.11 Å². The minimum atomic E-state index is -3.66. The lowest BCUT2D eigenvalue weighted by Crippen LogP contribution is -2.41. The summed E-state index contributed by atoms with van der Waals surface area (Å²) in [6.45, 7) is 14.2. The van der Waals surface area contributed by atoms with Crippen LogP contribution in [-0.4, -0.2) is 33.1 Å². The van der Waals surface area contributed by atoms with Crippen molar-refractivity contribution in [2.45, 2.75) is 77.2 Å². The zero-order valence-corrected chi connectivity index (χ0v) is 22.6. The van der Waals surface area contributed by atoms with Crippen LogP contribution in [-0.2, 0) is 32.5 Å². The van der Waals surface area contributed by atoms with Crippen molar-refractivity contribution in [1.82, 2.24) is 10.0 Å². The summed E-state index contributed by atoms with van der Waals surface area (Å²) in [4.78, 5) is 13.0. The van der Waals surface area contributed by atoms with Gasteiger partial charge in [-0.3, -0.25) is 4.79 Å². The summed E-state index contributed by atoms with van der Waals surface area (Å²) in [6, 6.07) is 9.43.